The minimum Gasteiger partial charge on any atom is -0.387 e. The summed E-state index contributed by atoms with van der Waals surface area (Å²) in [5.41, 5.74) is 1.61. The largest absolute Gasteiger partial charge is 0.387 e. The van der Waals surface area contributed by atoms with Crippen molar-refractivity contribution in [1.29, 1.82) is 0 Å². The Hall–Kier alpha value is -4.12. The van der Waals surface area contributed by atoms with Gasteiger partial charge >= 0.3 is 0 Å². The van der Waals surface area contributed by atoms with Crippen LogP contribution < -0.4 is 10.5 Å². The molecule has 1 N–H and O–H groups in total. The minimum atomic E-state index is -0.779. The molecule has 2 aromatic heterocycles. The summed E-state index contributed by atoms with van der Waals surface area (Å²) in [7, 11) is 1.57. The highest BCUT2D eigenvalue weighted by Crippen LogP contribution is 2.29. The summed E-state index contributed by atoms with van der Waals surface area (Å²) in [6.45, 7) is 4.61. The second-order valence-corrected chi connectivity index (χ2v) is 9.53. The van der Waals surface area contributed by atoms with E-state index in [2.05, 4.69) is 9.97 Å². The van der Waals surface area contributed by atoms with Gasteiger partial charge < -0.3 is 14.9 Å². The number of halogens is 2. The van der Waals surface area contributed by atoms with E-state index in [1.165, 1.54) is 22.9 Å². The number of aliphatic hydroxyl groups excluding tert-OH is 1. The molecule has 1 amide bonds. The van der Waals surface area contributed by atoms with Gasteiger partial charge in [0.15, 0.2) is 0 Å². The number of benzene rings is 2. The normalized spacial score (nSPS) is 16.7. The van der Waals surface area contributed by atoms with Crippen LogP contribution in [-0.2, 0) is 11.8 Å². The molecule has 1 aliphatic rings. The van der Waals surface area contributed by atoms with Gasteiger partial charge in [-0.05, 0) is 43.7 Å². The Balaban J connectivity index is 1.46. The minimum absolute atomic E-state index is 0.0924. The first-order valence-corrected chi connectivity index (χ1v) is 12.3. The van der Waals surface area contributed by atoms with Gasteiger partial charge in [0.1, 0.15) is 18.2 Å². The van der Waals surface area contributed by atoms with Crippen molar-refractivity contribution in [3.05, 3.63) is 76.3 Å². The number of hydrogen-bond donors (Lipinski definition) is 1. The summed E-state index contributed by atoms with van der Waals surface area (Å²) >= 11 is 0. The van der Waals surface area contributed by atoms with Gasteiger partial charge in [-0.15, -0.1) is 0 Å². The van der Waals surface area contributed by atoms with Crippen LogP contribution in [0, 0.1) is 11.6 Å². The van der Waals surface area contributed by atoms with Crippen LogP contribution in [0.1, 0.15) is 25.5 Å². The van der Waals surface area contributed by atoms with Crippen molar-refractivity contribution in [3.8, 4) is 11.1 Å². The first kappa shape index (κ1) is 25.5. The molecule has 0 bridgehead atoms. The van der Waals surface area contributed by atoms with E-state index in [9.17, 15) is 18.4 Å². The summed E-state index contributed by atoms with van der Waals surface area (Å²) in [4.78, 5) is 37.5. The number of hydrogen-bond acceptors (Lipinski definition) is 6. The van der Waals surface area contributed by atoms with Crippen molar-refractivity contribution >= 4 is 22.8 Å². The van der Waals surface area contributed by atoms with Crippen LogP contribution in [0.4, 0.5) is 14.7 Å². The smallest absolute Gasteiger partial charge is 0.274 e. The van der Waals surface area contributed by atoms with Crippen LogP contribution in [0.25, 0.3) is 22.0 Å². The van der Waals surface area contributed by atoms with Crippen LogP contribution in [0.5, 0.6) is 0 Å². The molecule has 1 fully saturated rings. The van der Waals surface area contributed by atoms with E-state index in [-0.39, 0.29) is 23.1 Å². The molecule has 1 aliphatic heterocycles. The molecule has 1 saturated heterocycles. The summed E-state index contributed by atoms with van der Waals surface area (Å²) < 4.78 is 32.1. The van der Waals surface area contributed by atoms with Gasteiger partial charge in [-0.1, -0.05) is 12.1 Å². The summed E-state index contributed by atoms with van der Waals surface area (Å²) in [6, 6.07) is 8.13. The number of nitrogens with zero attached hydrogens (tertiary/aromatic N) is 6. The summed E-state index contributed by atoms with van der Waals surface area (Å²) in [5, 5.41) is 9.59. The fourth-order valence-corrected chi connectivity index (χ4v) is 5.25. The Kier molecular flexibility index (Phi) is 6.70. The predicted molar refractivity (Wildman–Crippen MR) is 139 cm³/mol. The molecule has 9 nitrogen and oxygen atoms in total. The van der Waals surface area contributed by atoms with Crippen molar-refractivity contribution in [2.24, 2.45) is 7.05 Å². The van der Waals surface area contributed by atoms with Gasteiger partial charge in [0.25, 0.3) is 5.56 Å². The molecule has 0 saturated carbocycles. The lowest BCUT2D eigenvalue weighted by Crippen LogP contribution is -2.55. The molecule has 2 aromatic carbocycles. The number of piperazine rings is 1. The third-order valence-corrected chi connectivity index (χ3v) is 7.21. The molecule has 0 unspecified atom stereocenters. The lowest BCUT2D eigenvalue weighted by atomic mass is 10.1. The van der Waals surface area contributed by atoms with E-state index in [1.807, 2.05) is 11.8 Å². The highest BCUT2D eigenvalue weighted by molar-refractivity contribution is 5.84. The maximum Gasteiger partial charge on any atom is 0.274 e. The number of aromatic nitrogens is 4. The van der Waals surface area contributed by atoms with E-state index in [4.69, 9.17) is 5.11 Å². The fourth-order valence-electron chi connectivity index (χ4n) is 5.25. The van der Waals surface area contributed by atoms with Crippen LogP contribution in [0.2, 0.25) is 0 Å². The monoisotopic (exact) mass is 522 g/mol. The zero-order valence-corrected chi connectivity index (χ0v) is 21.3. The average Bonchev–Trinajstić information content (AvgIpc) is 3.17. The summed E-state index contributed by atoms with van der Waals surface area (Å²) in [6.07, 6.45) is 3.37. The Morgan fingerprint density at radius 1 is 1.11 bits per heavy atom. The first-order valence-electron chi connectivity index (χ1n) is 12.3. The van der Waals surface area contributed by atoms with Crippen LogP contribution in [0.3, 0.4) is 0 Å². The molecule has 4 aromatic rings. The van der Waals surface area contributed by atoms with E-state index >= 15 is 0 Å². The number of amides is 1. The average molecular weight is 523 g/mol. The zero-order valence-electron chi connectivity index (χ0n) is 21.3. The van der Waals surface area contributed by atoms with E-state index < -0.39 is 24.3 Å². The van der Waals surface area contributed by atoms with E-state index in [1.54, 1.807) is 54.1 Å². The van der Waals surface area contributed by atoms with Gasteiger partial charge in [-0.25, -0.2) is 18.7 Å². The second kappa shape index (κ2) is 9.97. The number of carbonyl (C=O) groups excluding carboxylic acids is 1. The van der Waals surface area contributed by atoms with Crippen molar-refractivity contribution in [1.82, 2.24) is 24.2 Å². The van der Waals surface area contributed by atoms with E-state index in [0.29, 0.717) is 42.0 Å². The van der Waals surface area contributed by atoms with Crippen LogP contribution >= 0.6 is 0 Å². The molecule has 0 radical (unpaired) electrons. The SMILES string of the molecule is C[C@@H]1CN(c2ncc(-c3ccc4c(=O)n(C)n([C@@H](C)c5c(F)cccc5F)c4c3)cn2)CCN1C(=O)CO. The molecule has 5 rings (SSSR count). The molecule has 2 atom stereocenters. The number of anilines is 1. The van der Waals surface area contributed by atoms with Crippen LogP contribution in [-0.4, -0.2) is 67.5 Å². The van der Waals surface area contributed by atoms with Gasteiger partial charge in [0, 0.05) is 56.2 Å². The van der Waals surface area contributed by atoms with Gasteiger partial charge in [0.05, 0.1) is 16.9 Å². The van der Waals surface area contributed by atoms with E-state index in [0.717, 1.165) is 5.56 Å². The Morgan fingerprint density at radius 2 is 1.79 bits per heavy atom. The number of carbonyl (C=O) groups is 1. The third-order valence-electron chi connectivity index (χ3n) is 7.21. The molecular weight excluding hydrogens is 494 g/mol. The van der Waals surface area contributed by atoms with Crippen molar-refractivity contribution in [2.45, 2.75) is 25.9 Å². The number of aliphatic hydroxyl groups is 1. The maximum absolute atomic E-state index is 14.6. The number of rotatable bonds is 5. The highest BCUT2D eigenvalue weighted by Gasteiger charge is 2.28. The second-order valence-electron chi connectivity index (χ2n) is 9.53. The van der Waals surface area contributed by atoms with Gasteiger partial charge in [0.2, 0.25) is 11.9 Å². The van der Waals surface area contributed by atoms with Crippen molar-refractivity contribution in [2.75, 3.05) is 31.1 Å². The molecule has 3 heterocycles. The zero-order chi connectivity index (χ0) is 27.1. The maximum atomic E-state index is 14.6. The Labute approximate surface area is 217 Å². The predicted octanol–water partition coefficient (Wildman–Crippen LogP) is 2.71. The molecule has 0 spiro atoms. The highest BCUT2D eigenvalue weighted by atomic mass is 19.1. The molecule has 0 aliphatic carbocycles. The van der Waals surface area contributed by atoms with Crippen molar-refractivity contribution in [3.63, 3.8) is 0 Å². The molecule has 38 heavy (non-hydrogen) atoms. The van der Waals surface area contributed by atoms with Crippen molar-refractivity contribution < 1.29 is 18.7 Å². The summed E-state index contributed by atoms with van der Waals surface area (Å²) in [5.74, 6) is -1.13. The Morgan fingerprint density at radius 3 is 2.42 bits per heavy atom. The molecular formula is C27H28F2N6O3. The quantitative estimate of drug-likeness (QED) is 0.433. The van der Waals surface area contributed by atoms with Gasteiger partial charge in [-0.2, -0.15) is 0 Å². The number of fused-ring (bicyclic) bond motifs is 1. The topological polar surface area (TPSA) is 96.5 Å². The lowest BCUT2D eigenvalue weighted by molar-refractivity contribution is -0.136. The fraction of sp³-hybridized carbons (Fsp3) is 0.333. The van der Waals surface area contributed by atoms with Gasteiger partial charge in [-0.3, -0.25) is 19.0 Å². The van der Waals surface area contributed by atoms with Crippen LogP contribution in [0.15, 0.2) is 53.6 Å². The standard InChI is InChI=1S/C27H28F2N6O3/c1-16-14-33(9-10-34(16)24(37)15-36)27-30-12-19(13-31-27)18-7-8-20-23(11-18)35(32(3)26(20)38)17(2)25-21(28)5-4-6-22(25)29/h4-8,11-13,16-17,36H,9-10,14-15H2,1-3H3/t16-,17+/m1/s1. The molecule has 11 heteroatoms. The lowest BCUT2D eigenvalue weighted by Gasteiger charge is -2.39. The first-order chi connectivity index (χ1) is 18.2. The third kappa shape index (κ3) is 4.32. The Bertz CT molecular complexity index is 1550. The molecule has 198 valence electrons.